The number of aromatic nitrogens is 3. The number of likely N-dealkylation sites (tertiary alicyclic amines) is 1. The Bertz CT molecular complexity index is 904. The summed E-state index contributed by atoms with van der Waals surface area (Å²) in [5.41, 5.74) is 1.14. The van der Waals surface area contributed by atoms with Crippen molar-refractivity contribution in [1.82, 2.24) is 19.5 Å². The Labute approximate surface area is 162 Å². The Morgan fingerprint density at radius 3 is 2.77 bits per heavy atom. The van der Waals surface area contributed by atoms with Crippen LogP contribution in [0.1, 0.15) is 49.0 Å². The first-order chi connectivity index (χ1) is 12.6. The van der Waals surface area contributed by atoms with E-state index in [0.717, 1.165) is 45.8 Å². The molecule has 1 N–H and O–H groups in total. The molecule has 1 fully saturated rings. The monoisotopic (exact) mass is 390 g/mol. The second kappa shape index (κ2) is 7.18. The normalized spacial score (nSPS) is 19.9. The summed E-state index contributed by atoms with van der Waals surface area (Å²) in [6, 6.07) is 7.94. The molecule has 0 amide bonds. The van der Waals surface area contributed by atoms with Crippen LogP contribution in [0, 0.1) is 5.92 Å². The fraction of sp³-hybridized carbons (Fsp3) is 0.474. The van der Waals surface area contributed by atoms with E-state index in [1.54, 1.807) is 4.52 Å². The Hall–Kier alpha value is -1.63. The molecule has 0 radical (unpaired) electrons. The molecule has 0 bridgehead atoms. The quantitative estimate of drug-likeness (QED) is 0.710. The van der Waals surface area contributed by atoms with E-state index in [0.29, 0.717) is 5.92 Å². The molecule has 0 saturated carbocycles. The molecule has 1 aromatic carbocycles. The first-order valence-electron chi connectivity index (χ1n) is 9.13. The van der Waals surface area contributed by atoms with Crippen molar-refractivity contribution in [3.8, 4) is 5.88 Å². The Kier molecular flexibility index (Phi) is 4.90. The van der Waals surface area contributed by atoms with E-state index < -0.39 is 0 Å². The van der Waals surface area contributed by atoms with Crippen LogP contribution in [0.15, 0.2) is 24.3 Å². The summed E-state index contributed by atoms with van der Waals surface area (Å²) < 4.78 is 1.58. The number of aromatic hydroxyl groups is 1. The highest BCUT2D eigenvalue weighted by Gasteiger charge is 2.31. The van der Waals surface area contributed by atoms with Gasteiger partial charge in [0.15, 0.2) is 5.82 Å². The van der Waals surface area contributed by atoms with Gasteiger partial charge in [0.05, 0.1) is 10.9 Å². The lowest BCUT2D eigenvalue weighted by Crippen LogP contribution is -2.37. The van der Waals surface area contributed by atoms with E-state index in [1.165, 1.54) is 24.2 Å². The van der Waals surface area contributed by atoms with Gasteiger partial charge in [0.1, 0.15) is 0 Å². The van der Waals surface area contributed by atoms with Crippen molar-refractivity contribution in [3.05, 3.63) is 45.6 Å². The van der Waals surface area contributed by atoms with Gasteiger partial charge in [-0.05, 0) is 43.0 Å². The van der Waals surface area contributed by atoms with Gasteiger partial charge < -0.3 is 5.11 Å². The predicted octanol–water partition coefficient (Wildman–Crippen LogP) is 4.53. The number of nitrogens with zero attached hydrogens (tertiary/aromatic N) is 4. The number of benzene rings is 1. The zero-order valence-corrected chi connectivity index (χ0v) is 16.6. The molecule has 7 heteroatoms. The number of hydrogen-bond acceptors (Lipinski definition) is 5. The molecule has 2 aromatic heterocycles. The summed E-state index contributed by atoms with van der Waals surface area (Å²) in [6.45, 7) is 6.34. The molecule has 4 rings (SSSR count). The second-order valence-corrected chi connectivity index (χ2v) is 8.51. The highest BCUT2D eigenvalue weighted by atomic mass is 35.5. The molecule has 1 aliphatic heterocycles. The predicted molar refractivity (Wildman–Crippen MR) is 105 cm³/mol. The highest BCUT2D eigenvalue weighted by Crippen LogP contribution is 2.41. The van der Waals surface area contributed by atoms with Crippen LogP contribution in [-0.2, 0) is 6.42 Å². The summed E-state index contributed by atoms with van der Waals surface area (Å²) in [7, 11) is 0. The summed E-state index contributed by atoms with van der Waals surface area (Å²) in [5, 5.41) is 16.0. The molecular weight excluding hydrogens is 368 g/mol. The average Bonchev–Trinajstić information content (AvgIpc) is 3.17. The van der Waals surface area contributed by atoms with Crippen molar-refractivity contribution in [1.29, 1.82) is 0 Å². The molecule has 26 heavy (non-hydrogen) atoms. The number of piperidine rings is 1. The molecule has 5 nitrogen and oxygen atoms in total. The summed E-state index contributed by atoms with van der Waals surface area (Å²) in [5.74, 6) is 1.61. The van der Waals surface area contributed by atoms with Crippen molar-refractivity contribution in [3.63, 3.8) is 0 Å². The van der Waals surface area contributed by atoms with E-state index in [2.05, 4.69) is 34.0 Å². The molecule has 0 spiro atoms. The van der Waals surface area contributed by atoms with Crippen LogP contribution < -0.4 is 0 Å². The van der Waals surface area contributed by atoms with E-state index in [9.17, 15) is 5.11 Å². The van der Waals surface area contributed by atoms with Crippen LogP contribution in [0.2, 0.25) is 5.02 Å². The lowest BCUT2D eigenvalue weighted by Gasteiger charge is -2.37. The van der Waals surface area contributed by atoms with Gasteiger partial charge in [0.2, 0.25) is 10.8 Å². The third-order valence-electron chi connectivity index (χ3n) is 5.05. The zero-order chi connectivity index (χ0) is 18.3. The van der Waals surface area contributed by atoms with Gasteiger partial charge in [0, 0.05) is 18.0 Å². The van der Waals surface area contributed by atoms with E-state index in [1.807, 2.05) is 19.1 Å². The SMILES string of the molecule is CCc1nc2sc([C@@H](c3ccc(Cl)cc3)N3CCC[C@@H](C)C3)c(O)n2n1. The maximum absolute atomic E-state index is 10.9. The zero-order valence-electron chi connectivity index (χ0n) is 15.0. The van der Waals surface area contributed by atoms with Gasteiger partial charge in [0.25, 0.3) is 0 Å². The fourth-order valence-electron chi connectivity index (χ4n) is 3.75. The first kappa shape index (κ1) is 17.8. The van der Waals surface area contributed by atoms with Crippen molar-refractivity contribution in [2.45, 2.75) is 39.2 Å². The van der Waals surface area contributed by atoms with E-state index >= 15 is 0 Å². The van der Waals surface area contributed by atoms with Crippen molar-refractivity contribution < 1.29 is 5.11 Å². The molecule has 1 aliphatic rings. The first-order valence-corrected chi connectivity index (χ1v) is 10.3. The van der Waals surface area contributed by atoms with Crippen LogP contribution in [0.4, 0.5) is 0 Å². The number of hydrogen-bond donors (Lipinski definition) is 1. The average molecular weight is 391 g/mol. The third-order valence-corrected chi connectivity index (χ3v) is 6.37. The van der Waals surface area contributed by atoms with Gasteiger partial charge in [-0.2, -0.15) is 4.52 Å². The third kappa shape index (κ3) is 3.21. The topological polar surface area (TPSA) is 53.7 Å². The van der Waals surface area contributed by atoms with Gasteiger partial charge in [-0.3, -0.25) is 4.90 Å². The molecule has 3 aromatic rings. The minimum absolute atomic E-state index is 0.00593. The highest BCUT2D eigenvalue weighted by molar-refractivity contribution is 7.17. The van der Waals surface area contributed by atoms with E-state index in [4.69, 9.17) is 11.6 Å². The van der Waals surface area contributed by atoms with Gasteiger partial charge in [-0.15, -0.1) is 5.10 Å². The Balaban J connectivity index is 1.80. The summed E-state index contributed by atoms with van der Waals surface area (Å²) in [6.07, 6.45) is 3.19. The number of thiazole rings is 1. The molecule has 2 atom stereocenters. The van der Waals surface area contributed by atoms with Crippen molar-refractivity contribution in [2.24, 2.45) is 5.92 Å². The minimum atomic E-state index is -0.00593. The lowest BCUT2D eigenvalue weighted by molar-refractivity contribution is 0.149. The smallest absolute Gasteiger partial charge is 0.230 e. The molecule has 0 unspecified atom stereocenters. The van der Waals surface area contributed by atoms with Gasteiger partial charge in [-0.25, -0.2) is 4.98 Å². The molecule has 138 valence electrons. The number of halogens is 1. The minimum Gasteiger partial charge on any atom is -0.492 e. The lowest BCUT2D eigenvalue weighted by atomic mass is 9.95. The summed E-state index contributed by atoms with van der Waals surface area (Å²) in [4.78, 5) is 8.65. The fourth-order valence-corrected chi connectivity index (χ4v) is 5.01. The molecule has 3 heterocycles. The van der Waals surface area contributed by atoms with E-state index in [-0.39, 0.29) is 11.9 Å². The Morgan fingerprint density at radius 1 is 1.35 bits per heavy atom. The number of fused-ring (bicyclic) bond motifs is 1. The van der Waals surface area contributed by atoms with Crippen LogP contribution in [0.25, 0.3) is 4.96 Å². The van der Waals surface area contributed by atoms with Crippen LogP contribution >= 0.6 is 22.9 Å². The van der Waals surface area contributed by atoms with Crippen molar-refractivity contribution in [2.75, 3.05) is 13.1 Å². The standard InChI is InChI=1S/C19H23ClN4OS/c1-3-15-21-19-24(22-15)18(25)17(26-19)16(13-6-8-14(20)9-7-13)23-10-4-5-12(2)11-23/h6-9,12,16,25H,3-5,10-11H2,1-2H3/t12-,16-/m1/s1. The van der Waals surface area contributed by atoms with Crippen LogP contribution in [-0.4, -0.2) is 37.7 Å². The number of aryl methyl sites for hydroxylation is 1. The molecule has 0 aliphatic carbocycles. The maximum Gasteiger partial charge on any atom is 0.230 e. The summed E-state index contributed by atoms with van der Waals surface area (Å²) >= 11 is 7.63. The van der Waals surface area contributed by atoms with Crippen molar-refractivity contribution >= 4 is 27.9 Å². The number of rotatable bonds is 4. The largest absolute Gasteiger partial charge is 0.492 e. The van der Waals surface area contributed by atoms with Crippen LogP contribution in [0.3, 0.4) is 0 Å². The van der Waals surface area contributed by atoms with Gasteiger partial charge >= 0.3 is 0 Å². The Morgan fingerprint density at radius 2 is 2.12 bits per heavy atom. The maximum atomic E-state index is 10.9. The second-order valence-electron chi connectivity index (χ2n) is 7.06. The molecular formula is C19H23ClN4OS. The van der Waals surface area contributed by atoms with Crippen LogP contribution in [0.5, 0.6) is 5.88 Å². The molecule has 1 saturated heterocycles. The van der Waals surface area contributed by atoms with Gasteiger partial charge in [-0.1, -0.05) is 48.9 Å².